The molecule has 0 aliphatic heterocycles. The predicted octanol–water partition coefficient (Wildman–Crippen LogP) is 3.33. The van der Waals surface area contributed by atoms with Crippen LogP contribution in [-0.2, 0) is 19.1 Å². The van der Waals surface area contributed by atoms with Crippen LogP contribution in [-0.4, -0.2) is 64.2 Å². The molecule has 202 valence electrons. The highest BCUT2D eigenvalue weighted by Crippen LogP contribution is 2.11. The molecule has 0 aromatic rings. The van der Waals surface area contributed by atoms with Crippen molar-refractivity contribution in [2.24, 2.45) is 5.73 Å². The molecule has 0 saturated carbocycles. The number of nitrogens with two attached hydrogens (primary N) is 1. The highest BCUT2D eigenvalue weighted by atomic mass is 16.6. The Labute approximate surface area is 200 Å². The van der Waals surface area contributed by atoms with E-state index in [0.717, 1.165) is 12.8 Å². The van der Waals surface area contributed by atoms with Crippen molar-refractivity contribution in [2.75, 3.05) is 19.8 Å². The molecule has 9 N–H and O–H groups in total. The summed E-state index contributed by atoms with van der Waals surface area (Å²) >= 11 is 0. The number of carboxylic acid groups (broad SMARTS) is 1. The second kappa shape index (κ2) is 37.7. The molecule has 0 spiro atoms. The number of ether oxygens (including phenoxy) is 1. The molecular formula is C23H52N2O8. The summed E-state index contributed by atoms with van der Waals surface area (Å²) in [6.45, 7) is 7.99. The Hall–Kier alpha value is -1.59. The quantitative estimate of drug-likeness (QED) is 0.120. The Kier molecular flexibility index (Phi) is 47.6. The summed E-state index contributed by atoms with van der Waals surface area (Å²) in [6.07, 6.45) is 10.2. The lowest BCUT2D eigenvalue weighted by molar-refractivity contribution is -0.160. The van der Waals surface area contributed by atoms with E-state index in [-0.39, 0.29) is 45.2 Å². The number of carboxylic acids is 1. The van der Waals surface area contributed by atoms with Crippen molar-refractivity contribution in [2.45, 2.75) is 111 Å². The molecule has 0 amide bonds. The van der Waals surface area contributed by atoms with Gasteiger partial charge in [0, 0.05) is 32.7 Å². The van der Waals surface area contributed by atoms with Gasteiger partial charge in [0.15, 0.2) is 0 Å². The third kappa shape index (κ3) is 48.9. The van der Waals surface area contributed by atoms with Crippen LogP contribution in [0.5, 0.6) is 0 Å². The van der Waals surface area contributed by atoms with E-state index in [9.17, 15) is 14.4 Å². The number of aliphatic carboxylic acids is 1. The fraction of sp³-hybridized carbons (Fsp3) is 0.870. The molecule has 0 heterocycles. The maximum atomic E-state index is 11.5. The Bertz CT molecular complexity index is 405. The van der Waals surface area contributed by atoms with Gasteiger partial charge < -0.3 is 37.0 Å². The third-order valence-corrected chi connectivity index (χ3v) is 3.67. The van der Waals surface area contributed by atoms with Gasteiger partial charge in [0.1, 0.15) is 6.04 Å². The summed E-state index contributed by atoms with van der Waals surface area (Å²) in [5, 5.41) is 31.2. The molecule has 0 aliphatic rings. The van der Waals surface area contributed by atoms with Gasteiger partial charge in [-0.3, -0.25) is 9.59 Å². The van der Waals surface area contributed by atoms with Crippen molar-refractivity contribution in [3.63, 3.8) is 0 Å². The summed E-state index contributed by atoms with van der Waals surface area (Å²) in [6, 6.07) is -1.06. The molecule has 0 saturated heterocycles. The lowest BCUT2D eigenvalue weighted by Gasteiger charge is -2.09. The summed E-state index contributed by atoms with van der Waals surface area (Å²) < 4.78 is 4.62. The molecule has 0 bridgehead atoms. The summed E-state index contributed by atoms with van der Waals surface area (Å²) in [5.41, 5.74) is 5.47. The predicted molar refractivity (Wildman–Crippen MR) is 131 cm³/mol. The van der Waals surface area contributed by atoms with E-state index in [1.807, 2.05) is 0 Å². The Morgan fingerprint density at radius 1 is 0.727 bits per heavy atom. The van der Waals surface area contributed by atoms with Gasteiger partial charge in [-0.25, -0.2) is 4.79 Å². The first-order valence-electron chi connectivity index (χ1n) is 11.8. The highest BCUT2D eigenvalue weighted by molar-refractivity contribution is 5.88. The molecule has 0 aromatic carbocycles. The van der Waals surface area contributed by atoms with Gasteiger partial charge in [0.2, 0.25) is 0 Å². The number of carbonyl (C=O) groups is 3. The fourth-order valence-electron chi connectivity index (χ4n) is 2.22. The minimum atomic E-state index is -1.06. The van der Waals surface area contributed by atoms with Crippen molar-refractivity contribution >= 4 is 17.9 Å². The third-order valence-electron chi connectivity index (χ3n) is 3.67. The number of hydrogen-bond acceptors (Lipinski definition) is 9. The Morgan fingerprint density at radius 3 is 1.45 bits per heavy atom. The summed E-state index contributed by atoms with van der Waals surface area (Å²) in [4.78, 5) is 33.3. The molecule has 1 atom stereocenters. The van der Waals surface area contributed by atoms with E-state index in [4.69, 9.17) is 26.2 Å². The van der Waals surface area contributed by atoms with E-state index in [1.54, 1.807) is 20.8 Å². The van der Waals surface area contributed by atoms with Crippen LogP contribution < -0.4 is 11.9 Å². The molecular weight excluding hydrogens is 432 g/mol. The zero-order valence-corrected chi connectivity index (χ0v) is 21.4. The lowest BCUT2D eigenvalue weighted by Crippen LogP contribution is -2.34. The van der Waals surface area contributed by atoms with Crippen LogP contribution in [0.15, 0.2) is 0 Å². The summed E-state index contributed by atoms with van der Waals surface area (Å²) in [7, 11) is 0. The van der Waals surface area contributed by atoms with E-state index in [2.05, 4.69) is 11.7 Å². The second-order valence-electron chi connectivity index (χ2n) is 6.86. The van der Waals surface area contributed by atoms with Gasteiger partial charge >= 0.3 is 17.9 Å². The van der Waals surface area contributed by atoms with Crippen molar-refractivity contribution < 1.29 is 39.5 Å². The molecule has 10 nitrogen and oxygen atoms in total. The summed E-state index contributed by atoms with van der Waals surface area (Å²) in [5.74, 6) is -2.45. The van der Waals surface area contributed by atoms with E-state index in [1.165, 1.54) is 38.5 Å². The standard InChI is InChI=1S/C17H31NO5.3C2H6O.H3N/c1-2-3-4-5-6-7-8-9-10-11-16(21)23-17(22)14(18)12-13-15(19)20;3*1-2-3;/h14H,2-13,18H2,1H3,(H,19,20);3*3H,2H2,1H3;1H3. The van der Waals surface area contributed by atoms with Crippen LogP contribution in [0.4, 0.5) is 0 Å². The highest BCUT2D eigenvalue weighted by Gasteiger charge is 2.19. The fourth-order valence-corrected chi connectivity index (χ4v) is 2.22. The molecule has 0 radical (unpaired) electrons. The van der Waals surface area contributed by atoms with E-state index < -0.39 is 23.9 Å². The molecule has 1 unspecified atom stereocenters. The van der Waals surface area contributed by atoms with Crippen LogP contribution in [0, 0.1) is 0 Å². The van der Waals surface area contributed by atoms with Crippen molar-refractivity contribution in [3.05, 3.63) is 0 Å². The number of rotatable bonds is 14. The number of aliphatic hydroxyl groups excluding tert-OH is 3. The first-order valence-corrected chi connectivity index (χ1v) is 11.8. The zero-order chi connectivity index (χ0) is 25.6. The topological polar surface area (TPSA) is 202 Å². The first-order chi connectivity index (χ1) is 15.2. The molecule has 33 heavy (non-hydrogen) atoms. The number of carbonyl (C=O) groups excluding carboxylic acids is 2. The monoisotopic (exact) mass is 484 g/mol. The number of esters is 2. The number of unbranched alkanes of at least 4 members (excludes halogenated alkanes) is 8. The van der Waals surface area contributed by atoms with Crippen LogP contribution in [0.2, 0.25) is 0 Å². The van der Waals surface area contributed by atoms with Gasteiger partial charge in [0.05, 0.1) is 0 Å². The van der Waals surface area contributed by atoms with Crippen LogP contribution in [0.3, 0.4) is 0 Å². The average Bonchev–Trinajstić information content (AvgIpc) is 2.72. The maximum Gasteiger partial charge on any atom is 0.330 e. The van der Waals surface area contributed by atoms with E-state index >= 15 is 0 Å². The Morgan fingerprint density at radius 2 is 1.09 bits per heavy atom. The second-order valence-corrected chi connectivity index (χ2v) is 6.86. The van der Waals surface area contributed by atoms with Gasteiger partial charge in [-0.05, 0) is 33.6 Å². The van der Waals surface area contributed by atoms with Crippen molar-refractivity contribution in [1.29, 1.82) is 0 Å². The minimum Gasteiger partial charge on any atom is -0.481 e. The van der Waals surface area contributed by atoms with Crippen LogP contribution in [0.25, 0.3) is 0 Å². The smallest absolute Gasteiger partial charge is 0.330 e. The normalized spacial score (nSPS) is 9.94. The van der Waals surface area contributed by atoms with Gasteiger partial charge in [-0.2, -0.15) is 0 Å². The molecule has 10 heteroatoms. The van der Waals surface area contributed by atoms with Gasteiger partial charge in [-0.15, -0.1) is 0 Å². The Balaban J connectivity index is -0.000000224. The van der Waals surface area contributed by atoms with Crippen LogP contribution >= 0.6 is 0 Å². The SMILES string of the molecule is CCCCCCCCCCCC(=O)OC(=O)C(N)CCC(=O)O.CCO.CCO.CCO.N. The number of hydrogen-bond donors (Lipinski definition) is 6. The lowest BCUT2D eigenvalue weighted by atomic mass is 10.1. The zero-order valence-electron chi connectivity index (χ0n) is 21.4. The molecule has 0 aromatic heterocycles. The number of aliphatic hydroxyl groups is 3. The minimum absolute atomic E-state index is 0. The first kappa shape index (κ1) is 41.6. The molecule has 0 aliphatic carbocycles. The van der Waals surface area contributed by atoms with Crippen LogP contribution in [0.1, 0.15) is 105 Å². The van der Waals surface area contributed by atoms with E-state index in [0.29, 0.717) is 6.42 Å². The van der Waals surface area contributed by atoms with Gasteiger partial charge in [0.25, 0.3) is 0 Å². The maximum absolute atomic E-state index is 11.5. The van der Waals surface area contributed by atoms with Gasteiger partial charge in [-0.1, -0.05) is 58.3 Å². The van der Waals surface area contributed by atoms with Crippen molar-refractivity contribution in [3.8, 4) is 0 Å². The molecule has 0 rings (SSSR count). The molecule has 0 fully saturated rings. The largest absolute Gasteiger partial charge is 0.481 e. The van der Waals surface area contributed by atoms with Crippen molar-refractivity contribution in [1.82, 2.24) is 6.15 Å². The average molecular weight is 485 g/mol.